The number of aromatic nitrogens is 4. The molecule has 0 aromatic carbocycles. The fraction of sp³-hybridized carbons (Fsp3) is 0.364. The number of nitrogens with zero attached hydrogens (tertiary/aromatic N) is 4. The Morgan fingerprint density at radius 1 is 1.29 bits per heavy atom. The standard InChI is InChI=1S/C11H14BrN5/c1-4-13-10-9(12)11(15-5-14-10)17-6-16-7(2)8(17)3/h5-6H,4H2,1-3H3,(H,13,14,15). The summed E-state index contributed by atoms with van der Waals surface area (Å²) in [5.41, 5.74) is 2.08. The molecule has 2 heterocycles. The van der Waals surface area contributed by atoms with E-state index in [1.165, 1.54) is 0 Å². The average Bonchev–Trinajstić information content (AvgIpc) is 2.64. The lowest BCUT2D eigenvalue weighted by Gasteiger charge is -2.10. The van der Waals surface area contributed by atoms with Crippen LogP contribution < -0.4 is 5.32 Å². The second-order valence-electron chi connectivity index (χ2n) is 3.68. The number of hydrogen-bond acceptors (Lipinski definition) is 4. The van der Waals surface area contributed by atoms with E-state index in [0.717, 1.165) is 34.0 Å². The van der Waals surface area contributed by atoms with Crippen molar-refractivity contribution in [3.8, 4) is 5.82 Å². The summed E-state index contributed by atoms with van der Waals surface area (Å²) in [6.45, 7) is 6.84. The van der Waals surface area contributed by atoms with Crippen molar-refractivity contribution in [3.05, 3.63) is 28.5 Å². The van der Waals surface area contributed by atoms with E-state index in [9.17, 15) is 0 Å². The SMILES string of the molecule is CCNc1ncnc(-n2cnc(C)c2C)c1Br. The van der Waals surface area contributed by atoms with E-state index in [-0.39, 0.29) is 0 Å². The van der Waals surface area contributed by atoms with Crippen LogP contribution in [0.5, 0.6) is 0 Å². The fourth-order valence-corrected chi connectivity index (χ4v) is 2.07. The van der Waals surface area contributed by atoms with Gasteiger partial charge in [-0.15, -0.1) is 0 Å². The van der Waals surface area contributed by atoms with Gasteiger partial charge in [-0.25, -0.2) is 15.0 Å². The highest BCUT2D eigenvalue weighted by Gasteiger charge is 2.12. The second kappa shape index (κ2) is 4.83. The minimum Gasteiger partial charge on any atom is -0.369 e. The number of aryl methyl sites for hydroxylation is 1. The van der Waals surface area contributed by atoms with Gasteiger partial charge in [-0.3, -0.25) is 4.57 Å². The molecule has 0 atom stereocenters. The van der Waals surface area contributed by atoms with Gasteiger partial charge in [-0.1, -0.05) is 0 Å². The summed E-state index contributed by atoms with van der Waals surface area (Å²) in [5.74, 6) is 1.59. The van der Waals surface area contributed by atoms with Crippen molar-refractivity contribution in [2.45, 2.75) is 20.8 Å². The Hall–Kier alpha value is -1.43. The Morgan fingerprint density at radius 2 is 2.06 bits per heavy atom. The first-order valence-electron chi connectivity index (χ1n) is 5.40. The van der Waals surface area contributed by atoms with E-state index in [4.69, 9.17) is 0 Å². The summed E-state index contributed by atoms with van der Waals surface area (Å²) in [7, 11) is 0. The summed E-state index contributed by atoms with van der Waals surface area (Å²) in [4.78, 5) is 12.7. The maximum atomic E-state index is 4.29. The largest absolute Gasteiger partial charge is 0.369 e. The zero-order valence-electron chi connectivity index (χ0n) is 10.0. The molecule has 0 amide bonds. The lowest BCUT2D eigenvalue weighted by atomic mass is 10.4. The Bertz CT molecular complexity index is 535. The van der Waals surface area contributed by atoms with Crippen molar-refractivity contribution in [3.63, 3.8) is 0 Å². The van der Waals surface area contributed by atoms with Crippen LogP contribution in [-0.4, -0.2) is 26.1 Å². The Kier molecular flexibility index (Phi) is 3.42. The van der Waals surface area contributed by atoms with E-state index in [1.807, 2.05) is 25.3 Å². The second-order valence-corrected chi connectivity index (χ2v) is 4.47. The van der Waals surface area contributed by atoms with E-state index in [1.54, 1.807) is 12.7 Å². The van der Waals surface area contributed by atoms with Gasteiger partial charge < -0.3 is 5.32 Å². The molecule has 0 unspecified atom stereocenters. The molecule has 0 saturated heterocycles. The first-order chi connectivity index (χ1) is 8.15. The zero-order valence-corrected chi connectivity index (χ0v) is 11.6. The first-order valence-corrected chi connectivity index (χ1v) is 6.19. The van der Waals surface area contributed by atoms with Crippen LogP contribution >= 0.6 is 15.9 Å². The normalized spacial score (nSPS) is 10.6. The average molecular weight is 296 g/mol. The minimum atomic E-state index is 0.795. The minimum absolute atomic E-state index is 0.795. The first kappa shape index (κ1) is 12.0. The van der Waals surface area contributed by atoms with Gasteiger partial charge >= 0.3 is 0 Å². The van der Waals surface area contributed by atoms with Gasteiger partial charge in [-0.05, 0) is 36.7 Å². The molecule has 0 aliphatic carbocycles. The van der Waals surface area contributed by atoms with Crippen molar-refractivity contribution >= 4 is 21.7 Å². The predicted molar refractivity (Wildman–Crippen MR) is 70.5 cm³/mol. The molecule has 90 valence electrons. The molecule has 0 bridgehead atoms. The molecular weight excluding hydrogens is 282 g/mol. The molecule has 17 heavy (non-hydrogen) atoms. The molecule has 0 spiro atoms. The molecule has 0 radical (unpaired) electrons. The Labute approximate surface area is 108 Å². The monoisotopic (exact) mass is 295 g/mol. The number of hydrogen-bond donors (Lipinski definition) is 1. The molecule has 0 aliphatic rings. The molecule has 0 aliphatic heterocycles. The maximum Gasteiger partial charge on any atom is 0.158 e. The molecule has 2 aromatic rings. The van der Waals surface area contributed by atoms with E-state index in [2.05, 4.69) is 36.2 Å². The Morgan fingerprint density at radius 3 is 2.65 bits per heavy atom. The molecule has 2 rings (SSSR count). The predicted octanol–water partition coefficient (Wildman–Crippen LogP) is 2.47. The zero-order chi connectivity index (χ0) is 12.4. The maximum absolute atomic E-state index is 4.29. The molecule has 6 heteroatoms. The van der Waals surface area contributed by atoms with Gasteiger partial charge in [0.15, 0.2) is 5.82 Å². The quantitative estimate of drug-likeness (QED) is 0.945. The van der Waals surface area contributed by atoms with Crippen LogP contribution in [0.2, 0.25) is 0 Å². The van der Waals surface area contributed by atoms with Crippen molar-refractivity contribution in [1.82, 2.24) is 19.5 Å². The summed E-state index contributed by atoms with van der Waals surface area (Å²) in [6, 6.07) is 0. The third-order valence-electron chi connectivity index (χ3n) is 2.60. The van der Waals surface area contributed by atoms with E-state index >= 15 is 0 Å². The lowest BCUT2D eigenvalue weighted by Crippen LogP contribution is -2.06. The van der Waals surface area contributed by atoms with E-state index < -0.39 is 0 Å². The summed E-state index contributed by atoms with van der Waals surface area (Å²) >= 11 is 3.53. The number of nitrogens with one attached hydrogen (secondary N) is 1. The summed E-state index contributed by atoms with van der Waals surface area (Å²) in [6.07, 6.45) is 3.32. The van der Waals surface area contributed by atoms with E-state index in [0.29, 0.717) is 0 Å². The van der Waals surface area contributed by atoms with Gasteiger partial charge in [0.05, 0.1) is 5.69 Å². The van der Waals surface area contributed by atoms with Crippen LogP contribution in [0, 0.1) is 13.8 Å². The van der Waals surface area contributed by atoms with Crippen molar-refractivity contribution in [2.75, 3.05) is 11.9 Å². The number of halogens is 1. The van der Waals surface area contributed by atoms with Crippen molar-refractivity contribution in [2.24, 2.45) is 0 Å². The van der Waals surface area contributed by atoms with Crippen LogP contribution in [0.4, 0.5) is 5.82 Å². The van der Waals surface area contributed by atoms with Gasteiger partial charge in [0.1, 0.15) is 22.9 Å². The highest BCUT2D eigenvalue weighted by Crippen LogP contribution is 2.26. The highest BCUT2D eigenvalue weighted by atomic mass is 79.9. The fourth-order valence-electron chi connectivity index (χ4n) is 1.53. The highest BCUT2D eigenvalue weighted by molar-refractivity contribution is 9.10. The van der Waals surface area contributed by atoms with Gasteiger partial charge in [0, 0.05) is 12.2 Å². The number of rotatable bonds is 3. The van der Waals surface area contributed by atoms with Gasteiger partial charge in [0.25, 0.3) is 0 Å². The van der Waals surface area contributed by atoms with Crippen LogP contribution in [0.1, 0.15) is 18.3 Å². The third kappa shape index (κ3) is 2.17. The van der Waals surface area contributed by atoms with Crippen molar-refractivity contribution < 1.29 is 0 Å². The van der Waals surface area contributed by atoms with Gasteiger partial charge in [0.2, 0.25) is 0 Å². The number of imidazole rings is 1. The summed E-state index contributed by atoms with van der Waals surface area (Å²) in [5, 5.41) is 3.18. The third-order valence-corrected chi connectivity index (χ3v) is 3.33. The molecule has 0 fully saturated rings. The molecule has 5 nitrogen and oxygen atoms in total. The van der Waals surface area contributed by atoms with Crippen LogP contribution in [0.25, 0.3) is 5.82 Å². The molecule has 2 aromatic heterocycles. The topological polar surface area (TPSA) is 55.6 Å². The number of anilines is 1. The van der Waals surface area contributed by atoms with Crippen LogP contribution in [0.3, 0.4) is 0 Å². The smallest absolute Gasteiger partial charge is 0.158 e. The Balaban J connectivity index is 2.52. The van der Waals surface area contributed by atoms with Gasteiger partial charge in [-0.2, -0.15) is 0 Å². The lowest BCUT2D eigenvalue weighted by molar-refractivity contribution is 0.924. The molecule has 0 saturated carbocycles. The summed E-state index contributed by atoms with van der Waals surface area (Å²) < 4.78 is 2.80. The van der Waals surface area contributed by atoms with Crippen LogP contribution in [-0.2, 0) is 0 Å². The van der Waals surface area contributed by atoms with Crippen LogP contribution in [0.15, 0.2) is 17.1 Å². The van der Waals surface area contributed by atoms with Crippen molar-refractivity contribution in [1.29, 1.82) is 0 Å². The molecular formula is C11H14BrN5. The molecule has 1 N–H and O–H groups in total.